The first-order valence-corrected chi connectivity index (χ1v) is 8.24. The minimum Gasteiger partial charge on any atom is -0.285 e. The number of nitriles is 1. The molecule has 0 saturated carbocycles. The molecule has 23 heavy (non-hydrogen) atoms. The summed E-state index contributed by atoms with van der Waals surface area (Å²) in [5, 5.41) is 16.9. The molecule has 2 aromatic heterocycles. The van der Waals surface area contributed by atoms with Crippen LogP contribution in [0.15, 0.2) is 53.6 Å². The zero-order chi connectivity index (χ0) is 16.4. The first-order chi connectivity index (χ1) is 11.0. The van der Waals surface area contributed by atoms with Gasteiger partial charge in [-0.15, -0.1) is 10.2 Å². The molecule has 3 aromatic rings. The van der Waals surface area contributed by atoms with Gasteiger partial charge >= 0.3 is 0 Å². The van der Waals surface area contributed by atoms with E-state index < -0.39 is 10.0 Å². The van der Waals surface area contributed by atoms with Crippen LogP contribution >= 0.6 is 0 Å². The Morgan fingerprint density at radius 1 is 1.17 bits per heavy atom. The van der Waals surface area contributed by atoms with E-state index in [0.717, 1.165) is 4.31 Å². The monoisotopic (exact) mass is 327 g/mol. The molecule has 0 aliphatic rings. The molecule has 1 aromatic carbocycles. The number of hydrogen-bond acceptors (Lipinski definition) is 5. The van der Waals surface area contributed by atoms with Crippen LogP contribution in [0.5, 0.6) is 0 Å². The van der Waals surface area contributed by atoms with Gasteiger partial charge in [-0.25, -0.2) is 8.42 Å². The van der Waals surface area contributed by atoms with E-state index in [9.17, 15) is 8.42 Å². The van der Waals surface area contributed by atoms with Gasteiger partial charge in [0.2, 0.25) is 0 Å². The zero-order valence-corrected chi connectivity index (χ0v) is 13.1. The van der Waals surface area contributed by atoms with Crippen molar-refractivity contribution in [2.75, 3.05) is 10.8 Å². The van der Waals surface area contributed by atoms with Crippen molar-refractivity contribution in [3.63, 3.8) is 0 Å². The third-order valence-corrected chi connectivity index (χ3v) is 5.15. The van der Waals surface area contributed by atoms with Crippen molar-refractivity contribution in [2.24, 2.45) is 0 Å². The standard InChI is InChI=1S/C15H13N5O2S/c1-12-17-18-15-8-7-14(11-19(12)15)23(21,22)20(10-9-16)13-5-3-2-4-6-13/h2-8,11H,10H2,1H3. The second-order valence-electron chi connectivity index (χ2n) is 4.85. The topological polar surface area (TPSA) is 91.4 Å². The van der Waals surface area contributed by atoms with Gasteiger partial charge in [-0.3, -0.25) is 8.71 Å². The molecule has 3 rings (SSSR count). The average molecular weight is 327 g/mol. The Bertz CT molecular complexity index is 990. The summed E-state index contributed by atoms with van der Waals surface area (Å²) >= 11 is 0. The summed E-state index contributed by atoms with van der Waals surface area (Å²) in [5.41, 5.74) is 1.00. The number of hydrogen-bond donors (Lipinski definition) is 0. The maximum absolute atomic E-state index is 12.9. The van der Waals surface area contributed by atoms with Gasteiger partial charge in [-0.1, -0.05) is 18.2 Å². The SMILES string of the molecule is Cc1nnc2ccc(S(=O)(=O)N(CC#N)c3ccccc3)cn12. The fraction of sp³-hybridized carbons (Fsp3) is 0.133. The lowest BCUT2D eigenvalue weighted by Gasteiger charge is -2.21. The lowest BCUT2D eigenvalue weighted by Crippen LogP contribution is -2.31. The van der Waals surface area contributed by atoms with E-state index in [2.05, 4.69) is 10.2 Å². The Morgan fingerprint density at radius 2 is 1.91 bits per heavy atom. The van der Waals surface area contributed by atoms with Crippen LogP contribution in [0.25, 0.3) is 5.65 Å². The first-order valence-electron chi connectivity index (χ1n) is 6.80. The van der Waals surface area contributed by atoms with Crippen LogP contribution in [-0.2, 0) is 10.0 Å². The second-order valence-corrected chi connectivity index (χ2v) is 6.71. The normalized spacial score (nSPS) is 11.3. The van der Waals surface area contributed by atoms with Crippen molar-refractivity contribution in [3.05, 3.63) is 54.5 Å². The van der Waals surface area contributed by atoms with E-state index in [1.807, 2.05) is 6.07 Å². The largest absolute Gasteiger partial charge is 0.285 e. The molecule has 0 aliphatic heterocycles. The Hall–Kier alpha value is -2.92. The molecule has 0 radical (unpaired) electrons. The third-order valence-electron chi connectivity index (χ3n) is 3.39. The number of fused-ring (bicyclic) bond motifs is 1. The van der Waals surface area contributed by atoms with E-state index in [4.69, 9.17) is 5.26 Å². The van der Waals surface area contributed by atoms with Gasteiger partial charge in [0.25, 0.3) is 10.0 Å². The molecule has 0 atom stereocenters. The smallest absolute Gasteiger partial charge is 0.266 e. The molecule has 116 valence electrons. The van der Waals surface area contributed by atoms with Crippen LogP contribution in [0.4, 0.5) is 5.69 Å². The molecule has 2 heterocycles. The molecule has 0 bridgehead atoms. The highest BCUT2D eigenvalue weighted by Gasteiger charge is 2.25. The van der Waals surface area contributed by atoms with Crippen molar-refractivity contribution in [1.82, 2.24) is 14.6 Å². The van der Waals surface area contributed by atoms with Crippen molar-refractivity contribution in [3.8, 4) is 6.07 Å². The van der Waals surface area contributed by atoms with Crippen LogP contribution < -0.4 is 4.31 Å². The van der Waals surface area contributed by atoms with Crippen molar-refractivity contribution in [2.45, 2.75) is 11.8 Å². The highest BCUT2D eigenvalue weighted by atomic mass is 32.2. The maximum atomic E-state index is 12.9. The minimum atomic E-state index is -3.87. The highest BCUT2D eigenvalue weighted by Crippen LogP contribution is 2.23. The summed E-state index contributed by atoms with van der Waals surface area (Å²) in [6, 6.07) is 13.5. The Kier molecular flexibility index (Phi) is 3.72. The fourth-order valence-corrected chi connectivity index (χ4v) is 3.60. The van der Waals surface area contributed by atoms with Crippen LogP contribution in [0.3, 0.4) is 0 Å². The number of para-hydroxylation sites is 1. The van der Waals surface area contributed by atoms with E-state index in [-0.39, 0.29) is 11.4 Å². The number of aromatic nitrogens is 3. The summed E-state index contributed by atoms with van der Waals surface area (Å²) < 4.78 is 28.5. The molecule has 0 saturated heterocycles. The zero-order valence-electron chi connectivity index (χ0n) is 12.3. The predicted molar refractivity (Wildman–Crippen MR) is 84.3 cm³/mol. The van der Waals surface area contributed by atoms with Gasteiger partial charge in [0.15, 0.2) is 5.65 Å². The van der Waals surface area contributed by atoms with Crippen LogP contribution in [0, 0.1) is 18.3 Å². The number of pyridine rings is 1. The Labute approximate surface area is 133 Å². The molecule has 0 amide bonds. The summed E-state index contributed by atoms with van der Waals surface area (Å²) in [4.78, 5) is 0.0759. The van der Waals surface area contributed by atoms with Crippen LogP contribution in [0.2, 0.25) is 0 Å². The number of sulfonamides is 1. The number of rotatable bonds is 4. The molecule has 0 unspecified atom stereocenters. The quantitative estimate of drug-likeness (QED) is 0.681. The van der Waals surface area contributed by atoms with E-state index in [1.165, 1.54) is 12.3 Å². The molecule has 0 fully saturated rings. The molecule has 0 N–H and O–H groups in total. The number of nitrogens with zero attached hydrogens (tertiary/aromatic N) is 5. The Morgan fingerprint density at radius 3 is 2.61 bits per heavy atom. The van der Waals surface area contributed by atoms with Crippen molar-refractivity contribution >= 4 is 21.4 Å². The van der Waals surface area contributed by atoms with Gasteiger partial charge in [-0.2, -0.15) is 5.26 Å². The van der Waals surface area contributed by atoms with E-state index >= 15 is 0 Å². The highest BCUT2D eigenvalue weighted by molar-refractivity contribution is 7.92. The molecule has 8 heteroatoms. The Balaban J connectivity index is 2.13. The molecular weight excluding hydrogens is 314 g/mol. The van der Waals surface area contributed by atoms with Gasteiger partial charge in [0.05, 0.1) is 11.8 Å². The lowest BCUT2D eigenvalue weighted by atomic mass is 10.3. The first kappa shape index (κ1) is 15.0. The van der Waals surface area contributed by atoms with Gasteiger partial charge in [0, 0.05) is 6.20 Å². The van der Waals surface area contributed by atoms with Crippen LogP contribution in [-0.4, -0.2) is 29.6 Å². The molecule has 7 nitrogen and oxygen atoms in total. The van der Waals surface area contributed by atoms with E-state index in [0.29, 0.717) is 17.2 Å². The van der Waals surface area contributed by atoms with Gasteiger partial charge in [0.1, 0.15) is 17.3 Å². The fourth-order valence-electron chi connectivity index (χ4n) is 2.24. The molecule has 0 spiro atoms. The van der Waals surface area contributed by atoms with E-state index in [1.54, 1.807) is 47.7 Å². The lowest BCUT2D eigenvalue weighted by molar-refractivity contribution is 0.592. The number of benzene rings is 1. The second kappa shape index (κ2) is 5.70. The van der Waals surface area contributed by atoms with Gasteiger partial charge < -0.3 is 0 Å². The van der Waals surface area contributed by atoms with Crippen molar-refractivity contribution < 1.29 is 8.42 Å². The van der Waals surface area contributed by atoms with Crippen molar-refractivity contribution in [1.29, 1.82) is 5.26 Å². The molecular formula is C15H13N5O2S. The number of aryl methyl sites for hydroxylation is 1. The minimum absolute atomic E-state index is 0.0759. The van der Waals surface area contributed by atoms with Gasteiger partial charge in [-0.05, 0) is 31.2 Å². The maximum Gasteiger partial charge on any atom is 0.266 e. The molecule has 0 aliphatic carbocycles. The number of anilines is 1. The van der Waals surface area contributed by atoms with Crippen LogP contribution in [0.1, 0.15) is 5.82 Å². The summed E-state index contributed by atoms with van der Waals surface area (Å²) in [6.45, 7) is 1.46. The third kappa shape index (κ3) is 2.62. The summed E-state index contributed by atoms with van der Waals surface area (Å²) in [7, 11) is -3.87. The summed E-state index contributed by atoms with van der Waals surface area (Å²) in [5.74, 6) is 0.587. The predicted octanol–water partition coefficient (Wildman–Crippen LogP) is 1.76. The average Bonchev–Trinajstić information content (AvgIpc) is 2.94. The summed E-state index contributed by atoms with van der Waals surface area (Å²) in [6.07, 6.45) is 1.47.